The molecule has 0 radical (unpaired) electrons. The highest BCUT2D eigenvalue weighted by Gasteiger charge is 2.24. The molecule has 0 aliphatic rings. The number of rotatable bonds is 14. The Labute approximate surface area is 754 Å². The molecule has 7 heterocycles. The number of hydrogen-bond acceptors (Lipinski definition) is 6. The highest BCUT2D eigenvalue weighted by atomic mass is 15.1. The number of nitrogens with zero attached hydrogens (tertiary/aromatic N) is 11. The monoisotopic (exact) mass is 1670 g/mol. The summed E-state index contributed by atoms with van der Waals surface area (Å²) in [5.41, 5.74) is 29.8. The van der Waals surface area contributed by atoms with Crippen molar-refractivity contribution in [2.24, 2.45) is 0 Å². The molecule has 0 fully saturated rings. The maximum atomic E-state index is 5.12. The number of fused-ring (bicyclic) bond motifs is 15. The van der Waals surface area contributed by atoms with Crippen molar-refractivity contribution in [2.75, 3.05) is 0 Å². The molecule has 0 amide bonds. The lowest BCUT2D eigenvalue weighted by Crippen LogP contribution is -2.01. The van der Waals surface area contributed by atoms with Crippen molar-refractivity contribution >= 4 is 109 Å². The average molecular weight is 1670 g/mol. The van der Waals surface area contributed by atoms with Crippen LogP contribution in [0.3, 0.4) is 0 Å². The molecule has 11 heteroatoms. The third-order valence-corrected chi connectivity index (χ3v) is 25.6. The first-order valence-electron chi connectivity index (χ1n) is 44.3. The van der Waals surface area contributed by atoms with E-state index in [1.54, 1.807) is 0 Å². The molecule has 0 bridgehead atoms. The van der Waals surface area contributed by atoms with Gasteiger partial charge in [0.15, 0.2) is 34.9 Å². The van der Waals surface area contributed by atoms with Gasteiger partial charge in [-0.2, -0.15) is 0 Å². The second-order valence-electron chi connectivity index (χ2n) is 33.3. The molecule has 131 heavy (non-hydrogen) atoms. The van der Waals surface area contributed by atoms with Crippen LogP contribution < -0.4 is 0 Å². The van der Waals surface area contributed by atoms with Gasteiger partial charge in [-0.3, -0.25) is 0 Å². The van der Waals surface area contributed by atoms with Crippen LogP contribution in [0.1, 0.15) is 0 Å². The number of hydrogen-bond donors (Lipinski definition) is 0. The van der Waals surface area contributed by atoms with E-state index in [4.69, 9.17) is 29.9 Å². The van der Waals surface area contributed by atoms with Gasteiger partial charge >= 0.3 is 0 Å². The van der Waals surface area contributed by atoms with E-state index in [-0.39, 0.29) is 0 Å². The summed E-state index contributed by atoms with van der Waals surface area (Å²) < 4.78 is 11.9. The largest absolute Gasteiger partial charge is 0.309 e. The van der Waals surface area contributed by atoms with Crippen LogP contribution in [0.2, 0.25) is 0 Å². The van der Waals surface area contributed by atoms with Gasteiger partial charge in [0, 0.05) is 116 Å². The maximum Gasteiger partial charge on any atom is 0.164 e. The van der Waals surface area contributed by atoms with Crippen molar-refractivity contribution in [3.63, 3.8) is 0 Å². The topological polar surface area (TPSA) is 102 Å². The molecule has 612 valence electrons. The van der Waals surface area contributed by atoms with E-state index >= 15 is 0 Å². The molecule has 26 aromatic rings. The Balaban J connectivity index is 0.000000147. The molecule has 0 aliphatic heterocycles. The molecule has 0 saturated heterocycles. The van der Waals surface area contributed by atoms with Crippen LogP contribution in [0.5, 0.6) is 0 Å². The van der Waals surface area contributed by atoms with Gasteiger partial charge in [-0.15, -0.1) is 0 Å². The van der Waals surface area contributed by atoms with E-state index in [2.05, 4.69) is 369 Å². The average Bonchev–Trinajstić information content (AvgIpc) is 1.59. The van der Waals surface area contributed by atoms with E-state index in [9.17, 15) is 0 Å². The van der Waals surface area contributed by atoms with Crippen molar-refractivity contribution in [1.29, 1.82) is 0 Å². The lowest BCUT2D eigenvalue weighted by Gasteiger charge is -2.12. The number of para-hydroxylation sites is 7. The minimum absolute atomic E-state index is 0.614. The van der Waals surface area contributed by atoms with Gasteiger partial charge in [0.1, 0.15) is 0 Å². The Morgan fingerprint density at radius 1 is 0.107 bits per heavy atom. The molecule has 7 aromatic heterocycles. The van der Waals surface area contributed by atoms with Gasteiger partial charge in [-0.1, -0.05) is 309 Å². The zero-order valence-electron chi connectivity index (χ0n) is 70.9. The van der Waals surface area contributed by atoms with Crippen LogP contribution in [0.25, 0.3) is 239 Å². The number of benzene rings is 19. The molecule has 0 spiro atoms. The van der Waals surface area contributed by atoms with Crippen LogP contribution in [0.4, 0.5) is 0 Å². The van der Waals surface area contributed by atoms with Crippen molar-refractivity contribution in [3.8, 4) is 130 Å². The van der Waals surface area contributed by atoms with Crippen molar-refractivity contribution in [2.45, 2.75) is 0 Å². The minimum atomic E-state index is 0.614. The SMILES string of the molecule is c1ccc(-c2nc(-c3ccccc3)nc(-c3cccc(-n4c5ccc(-c6ccc7c(c6)c6ccccc6n7-c6ccccc6)cc5c5cc(-c6ccc7c(c6)c6ccccc6n7-c6ccccc6)ccc54)c3)n2)cc1.c1ccc(-c2nc(-c3ccccc3)nc(-c3cccc(-n4c5ccccc5c5cc(-c6ccc7c(c6)c6ccccc6n7-c6ccccc6)ccc54)c3)n2)cc1. The van der Waals surface area contributed by atoms with Gasteiger partial charge in [-0.05, 0) is 191 Å². The van der Waals surface area contributed by atoms with E-state index < -0.39 is 0 Å². The second-order valence-corrected chi connectivity index (χ2v) is 33.3. The fraction of sp³-hybridized carbons (Fsp3) is 0. The zero-order chi connectivity index (χ0) is 86.4. The lowest BCUT2D eigenvalue weighted by atomic mass is 9.98. The quantitative estimate of drug-likeness (QED) is 0.107. The Hall–Kier alpha value is -17.8. The van der Waals surface area contributed by atoms with Crippen LogP contribution in [-0.4, -0.2) is 52.7 Å². The summed E-state index contributed by atoms with van der Waals surface area (Å²) in [5, 5.41) is 12.1. The molecule has 0 unspecified atom stereocenters. The Morgan fingerprint density at radius 2 is 0.275 bits per heavy atom. The van der Waals surface area contributed by atoms with E-state index in [1.807, 2.05) is 121 Å². The van der Waals surface area contributed by atoms with Crippen molar-refractivity contribution in [1.82, 2.24) is 52.7 Å². The molecular weight excluding hydrogens is 1600 g/mol. The summed E-state index contributed by atoms with van der Waals surface area (Å²) in [4.78, 5) is 30.2. The van der Waals surface area contributed by atoms with Crippen molar-refractivity contribution in [3.05, 3.63) is 467 Å². The predicted octanol–water partition coefficient (Wildman–Crippen LogP) is 30.2. The highest BCUT2D eigenvalue weighted by Crippen LogP contribution is 2.45. The summed E-state index contributed by atoms with van der Waals surface area (Å²) in [6.07, 6.45) is 0. The molecule has 11 nitrogen and oxygen atoms in total. The standard InChI is InChI=1S/C69H44N6.C51H33N5/c1-5-18-45(19-6-1)67-70-68(46-20-7-2-8-21-46)72-69(71-67)51-22-17-27-54(40-51)75-65-38-34-49(47-32-36-63-57(41-47)55-28-13-15-30-61(55)73(63)52-23-9-3-10-24-52)43-59(65)60-44-50(35-39-66(60)75)48-33-37-64-58(42-48)56-29-14-16-31-62(56)74(64)53-25-11-4-12-26-53;1-4-15-34(16-5-1)49-52-50(35-17-6-2-7-18-35)54-51(53-49)38-19-14-22-40(31-38)56-46-26-13-11-24-42(46)44-33-37(28-30-48(44)56)36-27-29-47-43(32-36)41-23-10-12-25-45(41)55(47)39-20-8-3-9-21-39/h1-44H;1-33H. The maximum absolute atomic E-state index is 5.12. The van der Waals surface area contributed by atoms with Crippen LogP contribution in [-0.2, 0) is 0 Å². The Kier molecular flexibility index (Phi) is 18.3. The Bertz CT molecular complexity index is 8620. The first-order chi connectivity index (χ1) is 64.9. The van der Waals surface area contributed by atoms with Gasteiger partial charge in [0.2, 0.25) is 0 Å². The number of aromatic nitrogens is 11. The summed E-state index contributed by atoms with van der Waals surface area (Å²) in [7, 11) is 0. The van der Waals surface area contributed by atoms with Gasteiger partial charge in [-0.25, -0.2) is 29.9 Å². The zero-order valence-corrected chi connectivity index (χ0v) is 70.9. The van der Waals surface area contributed by atoms with Crippen LogP contribution in [0.15, 0.2) is 467 Å². The highest BCUT2D eigenvalue weighted by molar-refractivity contribution is 6.17. The summed E-state index contributed by atoms with van der Waals surface area (Å²) >= 11 is 0. The van der Waals surface area contributed by atoms with E-state index in [0.717, 1.165) is 106 Å². The lowest BCUT2D eigenvalue weighted by molar-refractivity contribution is 1.07. The molecule has 0 atom stereocenters. The first-order valence-corrected chi connectivity index (χ1v) is 44.3. The summed E-state index contributed by atoms with van der Waals surface area (Å²) in [5.74, 6) is 3.80. The molecule has 0 aliphatic carbocycles. The third kappa shape index (κ3) is 13.3. The fourth-order valence-corrected chi connectivity index (χ4v) is 19.6. The first kappa shape index (κ1) is 75.7. The van der Waals surface area contributed by atoms with Crippen LogP contribution in [0, 0.1) is 0 Å². The molecular formula is C120H77N11. The minimum Gasteiger partial charge on any atom is -0.309 e. The Morgan fingerprint density at radius 3 is 0.511 bits per heavy atom. The van der Waals surface area contributed by atoms with E-state index in [0.29, 0.717) is 34.9 Å². The van der Waals surface area contributed by atoms with Gasteiger partial charge < -0.3 is 22.8 Å². The fourth-order valence-electron chi connectivity index (χ4n) is 19.6. The molecule has 19 aromatic carbocycles. The smallest absolute Gasteiger partial charge is 0.164 e. The summed E-state index contributed by atoms with van der Waals surface area (Å²) in [6.45, 7) is 0. The molecule has 0 N–H and O–H groups in total. The normalized spacial score (nSPS) is 11.7. The predicted molar refractivity (Wildman–Crippen MR) is 540 cm³/mol. The molecule has 26 rings (SSSR count). The molecule has 0 saturated carbocycles. The van der Waals surface area contributed by atoms with Crippen LogP contribution >= 0.6 is 0 Å². The van der Waals surface area contributed by atoms with Gasteiger partial charge in [0.25, 0.3) is 0 Å². The van der Waals surface area contributed by atoms with Gasteiger partial charge in [0.05, 0.1) is 55.2 Å². The summed E-state index contributed by atoms with van der Waals surface area (Å²) in [6, 6.07) is 166. The third-order valence-electron chi connectivity index (χ3n) is 25.6. The second kappa shape index (κ2) is 31.7. The van der Waals surface area contributed by atoms with E-state index in [1.165, 1.54) is 98.1 Å². The van der Waals surface area contributed by atoms with Crippen molar-refractivity contribution < 1.29 is 0 Å².